The molecule has 1 aliphatic carbocycles. The molecule has 0 radical (unpaired) electrons. The monoisotopic (exact) mass is 335 g/mol. The Hall–Kier alpha value is -2.73. The number of carbonyl (C=O) groups excluding carboxylic acids is 1. The summed E-state index contributed by atoms with van der Waals surface area (Å²) in [6.07, 6.45) is 4.78. The number of nitrogens with two attached hydrogens (primary N) is 1. The molecule has 2 aromatic heterocycles. The van der Waals surface area contributed by atoms with Crippen molar-refractivity contribution in [2.24, 2.45) is 17.6 Å². The summed E-state index contributed by atoms with van der Waals surface area (Å²) in [5.74, 6) is 1.10. The molecule has 25 heavy (non-hydrogen) atoms. The lowest BCUT2D eigenvalue weighted by atomic mass is 9.95. The van der Waals surface area contributed by atoms with Crippen LogP contribution in [0.4, 0.5) is 5.69 Å². The van der Waals surface area contributed by atoms with Crippen LogP contribution in [0.5, 0.6) is 0 Å². The highest BCUT2D eigenvalue weighted by atomic mass is 16.1. The highest BCUT2D eigenvalue weighted by Crippen LogP contribution is 2.32. The molecule has 2 atom stereocenters. The third kappa shape index (κ3) is 3.13. The molecule has 0 unspecified atom stereocenters. The topological polar surface area (TPSA) is 96.7 Å². The van der Waals surface area contributed by atoms with E-state index in [0.717, 1.165) is 47.5 Å². The van der Waals surface area contributed by atoms with Crippen LogP contribution < -0.4 is 11.1 Å². The van der Waals surface area contributed by atoms with E-state index in [2.05, 4.69) is 20.3 Å². The Kier molecular flexibility index (Phi) is 4.19. The predicted octanol–water partition coefficient (Wildman–Crippen LogP) is 2.94. The summed E-state index contributed by atoms with van der Waals surface area (Å²) in [5, 5.41) is 3.03. The number of aromatic amines is 1. The van der Waals surface area contributed by atoms with Crippen LogP contribution in [-0.4, -0.2) is 27.4 Å². The lowest BCUT2D eigenvalue weighted by molar-refractivity contribution is -0.120. The maximum Gasteiger partial charge on any atom is 0.227 e. The van der Waals surface area contributed by atoms with Crippen LogP contribution in [0.25, 0.3) is 22.6 Å². The molecule has 6 nitrogen and oxygen atoms in total. The first-order valence-corrected chi connectivity index (χ1v) is 8.66. The van der Waals surface area contributed by atoms with Crippen molar-refractivity contribution in [1.29, 1.82) is 0 Å². The Morgan fingerprint density at radius 2 is 2.20 bits per heavy atom. The van der Waals surface area contributed by atoms with Crippen LogP contribution in [0.3, 0.4) is 0 Å². The third-order valence-electron chi connectivity index (χ3n) is 4.96. The van der Waals surface area contributed by atoms with E-state index < -0.39 is 0 Å². The van der Waals surface area contributed by atoms with E-state index in [1.807, 2.05) is 36.4 Å². The molecule has 0 saturated heterocycles. The number of carbonyl (C=O) groups is 1. The van der Waals surface area contributed by atoms with Gasteiger partial charge < -0.3 is 16.0 Å². The van der Waals surface area contributed by atoms with Gasteiger partial charge in [0.15, 0.2) is 5.82 Å². The normalized spacial score (nSPS) is 20.0. The number of hydrogen-bond acceptors (Lipinski definition) is 4. The molecule has 1 amide bonds. The lowest BCUT2D eigenvalue weighted by Crippen LogP contribution is -2.29. The second-order valence-corrected chi connectivity index (χ2v) is 6.55. The van der Waals surface area contributed by atoms with Crippen molar-refractivity contribution in [3.8, 4) is 11.5 Å². The zero-order valence-electron chi connectivity index (χ0n) is 13.9. The number of anilines is 1. The number of rotatable bonds is 4. The molecule has 4 rings (SSSR count). The molecule has 1 aromatic carbocycles. The molecule has 1 aliphatic rings. The van der Waals surface area contributed by atoms with Gasteiger partial charge in [0.05, 0.1) is 11.0 Å². The number of fused-ring (bicyclic) bond motifs is 1. The van der Waals surface area contributed by atoms with E-state index in [4.69, 9.17) is 5.73 Å². The second-order valence-electron chi connectivity index (χ2n) is 6.55. The van der Waals surface area contributed by atoms with Gasteiger partial charge in [0, 0.05) is 17.8 Å². The van der Waals surface area contributed by atoms with Crippen molar-refractivity contribution in [1.82, 2.24) is 15.0 Å². The lowest BCUT2D eigenvalue weighted by Gasteiger charge is -2.17. The standard InChI is InChI=1S/C19H21N5O/c20-11-12-4-3-5-14(12)19(25)22-13-7-8-15-17(10-13)24-18(23-15)16-6-1-2-9-21-16/h1-2,6-10,12,14H,3-5,11,20H2,(H,22,25)(H,23,24)/t12-,14-/m1/s1. The average molecular weight is 335 g/mol. The van der Waals surface area contributed by atoms with Gasteiger partial charge in [-0.1, -0.05) is 12.5 Å². The molecular weight excluding hydrogens is 314 g/mol. The van der Waals surface area contributed by atoms with Crippen LogP contribution in [-0.2, 0) is 4.79 Å². The van der Waals surface area contributed by atoms with Gasteiger partial charge in [-0.3, -0.25) is 9.78 Å². The number of hydrogen-bond donors (Lipinski definition) is 3. The number of amides is 1. The highest BCUT2D eigenvalue weighted by Gasteiger charge is 2.31. The maximum atomic E-state index is 12.5. The molecule has 1 fully saturated rings. The first-order valence-electron chi connectivity index (χ1n) is 8.66. The van der Waals surface area contributed by atoms with Crippen LogP contribution in [0.1, 0.15) is 19.3 Å². The Balaban J connectivity index is 1.56. The van der Waals surface area contributed by atoms with Crippen LogP contribution in [0.2, 0.25) is 0 Å². The van der Waals surface area contributed by atoms with Crippen LogP contribution in [0.15, 0.2) is 42.6 Å². The van der Waals surface area contributed by atoms with E-state index in [1.54, 1.807) is 6.20 Å². The molecular formula is C19H21N5O. The SMILES string of the molecule is NC[C@H]1CCC[C@H]1C(=O)Nc1ccc2nc(-c3ccccn3)[nH]c2c1. The molecule has 1 saturated carbocycles. The van der Waals surface area contributed by atoms with Gasteiger partial charge in [0.1, 0.15) is 5.69 Å². The number of nitrogens with one attached hydrogen (secondary N) is 2. The fourth-order valence-electron chi connectivity index (χ4n) is 3.61. The van der Waals surface area contributed by atoms with Gasteiger partial charge in [0.2, 0.25) is 5.91 Å². The summed E-state index contributed by atoms with van der Waals surface area (Å²) in [6, 6.07) is 11.4. The number of nitrogens with zero attached hydrogens (tertiary/aromatic N) is 2. The summed E-state index contributed by atoms with van der Waals surface area (Å²) in [6.45, 7) is 0.575. The molecule has 0 aliphatic heterocycles. The number of H-pyrrole nitrogens is 1. The average Bonchev–Trinajstić information content (AvgIpc) is 3.28. The van der Waals surface area contributed by atoms with Gasteiger partial charge >= 0.3 is 0 Å². The van der Waals surface area contributed by atoms with Gasteiger partial charge in [-0.05, 0) is 55.6 Å². The van der Waals surface area contributed by atoms with Crippen molar-refractivity contribution in [3.05, 3.63) is 42.6 Å². The van der Waals surface area contributed by atoms with E-state index in [1.165, 1.54) is 0 Å². The molecule has 4 N–H and O–H groups in total. The molecule has 0 bridgehead atoms. The summed E-state index contributed by atoms with van der Waals surface area (Å²) in [5.41, 5.74) is 9.08. The summed E-state index contributed by atoms with van der Waals surface area (Å²) < 4.78 is 0. The quantitative estimate of drug-likeness (QED) is 0.683. The van der Waals surface area contributed by atoms with Crippen LogP contribution >= 0.6 is 0 Å². The van der Waals surface area contributed by atoms with Gasteiger partial charge in [-0.15, -0.1) is 0 Å². The van der Waals surface area contributed by atoms with Gasteiger partial charge in [-0.2, -0.15) is 0 Å². The largest absolute Gasteiger partial charge is 0.337 e. The second kappa shape index (κ2) is 6.64. The molecule has 3 aromatic rings. The van der Waals surface area contributed by atoms with Gasteiger partial charge in [0.25, 0.3) is 0 Å². The molecule has 2 heterocycles. The Morgan fingerprint density at radius 1 is 1.28 bits per heavy atom. The van der Waals surface area contributed by atoms with Crippen molar-refractivity contribution in [3.63, 3.8) is 0 Å². The first kappa shape index (κ1) is 15.8. The van der Waals surface area contributed by atoms with E-state index in [0.29, 0.717) is 12.5 Å². The number of imidazole rings is 1. The van der Waals surface area contributed by atoms with Crippen molar-refractivity contribution in [2.75, 3.05) is 11.9 Å². The first-order chi connectivity index (χ1) is 12.2. The summed E-state index contributed by atoms with van der Waals surface area (Å²) in [7, 11) is 0. The summed E-state index contributed by atoms with van der Waals surface area (Å²) in [4.78, 5) is 24.7. The summed E-state index contributed by atoms with van der Waals surface area (Å²) >= 11 is 0. The molecule has 128 valence electrons. The zero-order chi connectivity index (χ0) is 17.2. The fraction of sp³-hybridized carbons (Fsp3) is 0.316. The van der Waals surface area contributed by atoms with E-state index in [9.17, 15) is 4.79 Å². The van der Waals surface area contributed by atoms with Crippen LogP contribution in [0, 0.1) is 11.8 Å². The highest BCUT2D eigenvalue weighted by molar-refractivity contribution is 5.95. The smallest absolute Gasteiger partial charge is 0.227 e. The minimum Gasteiger partial charge on any atom is -0.337 e. The molecule has 0 spiro atoms. The number of benzene rings is 1. The predicted molar refractivity (Wildman–Crippen MR) is 97.8 cm³/mol. The fourth-order valence-corrected chi connectivity index (χ4v) is 3.61. The minimum atomic E-state index is 0.0199. The Morgan fingerprint density at radius 3 is 3.00 bits per heavy atom. The Labute approximate surface area is 145 Å². The third-order valence-corrected chi connectivity index (χ3v) is 4.96. The number of aromatic nitrogens is 3. The number of pyridine rings is 1. The van der Waals surface area contributed by atoms with Crippen molar-refractivity contribution in [2.45, 2.75) is 19.3 Å². The van der Waals surface area contributed by atoms with Crippen molar-refractivity contribution < 1.29 is 4.79 Å². The van der Waals surface area contributed by atoms with E-state index >= 15 is 0 Å². The maximum absolute atomic E-state index is 12.5. The minimum absolute atomic E-state index is 0.0199. The van der Waals surface area contributed by atoms with Crippen molar-refractivity contribution >= 4 is 22.6 Å². The zero-order valence-corrected chi connectivity index (χ0v) is 13.9. The molecule has 6 heteroatoms. The Bertz CT molecular complexity index is 889. The van der Waals surface area contributed by atoms with E-state index in [-0.39, 0.29) is 11.8 Å². The van der Waals surface area contributed by atoms with Gasteiger partial charge in [-0.25, -0.2) is 4.98 Å².